The number of carbonyl (C=O) groups is 1. The predicted octanol–water partition coefficient (Wildman–Crippen LogP) is 2.32. The second kappa shape index (κ2) is 8.87. The molecule has 0 spiro atoms. The van der Waals surface area contributed by atoms with E-state index in [1.165, 1.54) is 24.3 Å². The minimum absolute atomic E-state index is 0.0466. The topological polar surface area (TPSA) is 60.9 Å². The van der Waals surface area contributed by atoms with E-state index in [-0.39, 0.29) is 29.7 Å². The van der Waals surface area contributed by atoms with Crippen molar-refractivity contribution in [3.8, 4) is 0 Å². The normalized spacial score (nSPS) is 15.0. The Morgan fingerprint density at radius 1 is 0.931 bits per heavy atom. The van der Waals surface area contributed by atoms with Crippen molar-refractivity contribution in [1.82, 2.24) is 9.21 Å². The third-order valence-corrected chi connectivity index (χ3v) is 6.87. The number of sulfonamides is 1. The molecule has 29 heavy (non-hydrogen) atoms. The van der Waals surface area contributed by atoms with Crippen molar-refractivity contribution >= 4 is 21.6 Å². The van der Waals surface area contributed by atoms with Gasteiger partial charge in [-0.1, -0.05) is 6.92 Å². The molecule has 0 N–H and O–H groups in total. The van der Waals surface area contributed by atoms with Gasteiger partial charge in [0.25, 0.3) is 0 Å². The van der Waals surface area contributed by atoms with Crippen LogP contribution in [0.4, 0.5) is 14.5 Å². The van der Waals surface area contributed by atoms with Crippen LogP contribution in [0.15, 0.2) is 53.4 Å². The Morgan fingerprint density at radius 3 is 1.97 bits per heavy atom. The van der Waals surface area contributed by atoms with Crippen molar-refractivity contribution in [2.45, 2.75) is 11.8 Å². The van der Waals surface area contributed by atoms with Crippen LogP contribution in [-0.2, 0) is 14.8 Å². The maximum Gasteiger partial charge on any atom is 0.243 e. The number of piperazine rings is 1. The molecule has 1 aliphatic rings. The van der Waals surface area contributed by atoms with Gasteiger partial charge in [-0.2, -0.15) is 4.31 Å². The highest BCUT2D eigenvalue weighted by Crippen LogP contribution is 2.19. The predicted molar refractivity (Wildman–Crippen MR) is 106 cm³/mol. The van der Waals surface area contributed by atoms with Crippen molar-refractivity contribution in [2.75, 3.05) is 44.2 Å². The monoisotopic (exact) mass is 423 g/mol. The highest BCUT2D eigenvalue weighted by molar-refractivity contribution is 7.89. The highest BCUT2D eigenvalue weighted by Gasteiger charge is 2.28. The summed E-state index contributed by atoms with van der Waals surface area (Å²) in [5, 5.41) is 0. The number of hydrogen-bond acceptors (Lipinski definition) is 4. The number of amides is 1. The number of carbonyl (C=O) groups excluding carboxylic acids is 1. The van der Waals surface area contributed by atoms with Crippen molar-refractivity contribution < 1.29 is 22.0 Å². The zero-order valence-corrected chi connectivity index (χ0v) is 16.9. The third-order valence-electron chi connectivity index (χ3n) is 4.94. The van der Waals surface area contributed by atoms with Gasteiger partial charge in [-0.25, -0.2) is 17.2 Å². The number of hydrogen-bond donors (Lipinski definition) is 0. The lowest BCUT2D eigenvalue weighted by atomic mass is 10.2. The summed E-state index contributed by atoms with van der Waals surface area (Å²) in [6.45, 7) is 3.56. The summed E-state index contributed by atoms with van der Waals surface area (Å²) < 4.78 is 52.8. The van der Waals surface area contributed by atoms with Crippen LogP contribution >= 0.6 is 0 Å². The summed E-state index contributed by atoms with van der Waals surface area (Å²) in [6.07, 6.45) is 0. The lowest BCUT2D eigenvalue weighted by molar-refractivity contribution is -0.131. The van der Waals surface area contributed by atoms with E-state index in [9.17, 15) is 22.0 Å². The van der Waals surface area contributed by atoms with Gasteiger partial charge in [-0.05, 0) is 48.5 Å². The van der Waals surface area contributed by atoms with E-state index in [1.807, 2.05) is 0 Å². The smallest absolute Gasteiger partial charge is 0.243 e. The maximum absolute atomic E-state index is 13.1. The van der Waals surface area contributed by atoms with E-state index in [1.54, 1.807) is 24.0 Å². The molecule has 0 saturated carbocycles. The van der Waals surface area contributed by atoms with E-state index in [0.29, 0.717) is 26.2 Å². The van der Waals surface area contributed by atoms with Gasteiger partial charge >= 0.3 is 0 Å². The molecule has 2 aromatic rings. The number of nitrogens with zero attached hydrogens (tertiary/aromatic N) is 3. The van der Waals surface area contributed by atoms with Gasteiger partial charge in [-0.3, -0.25) is 4.79 Å². The number of likely N-dealkylation sites (N-methyl/N-ethyl adjacent to an activating group) is 1. The third kappa shape index (κ3) is 4.91. The SMILES string of the molecule is CCN(CC(=O)N1CCN(c2ccc(F)cc2)CC1)S(=O)(=O)c1ccc(F)cc1. The van der Waals surface area contributed by atoms with Crippen LogP contribution in [0, 0.1) is 11.6 Å². The molecule has 0 bridgehead atoms. The second-order valence-electron chi connectivity index (χ2n) is 6.73. The Morgan fingerprint density at radius 2 is 1.45 bits per heavy atom. The average Bonchev–Trinajstić information content (AvgIpc) is 2.72. The molecule has 1 fully saturated rings. The molecule has 156 valence electrons. The number of benzene rings is 2. The van der Waals surface area contributed by atoms with Crippen molar-refractivity contribution in [3.05, 3.63) is 60.2 Å². The number of halogens is 2. The zero-order chi connectivity index (χ0) is 21.0. The molecule has 1 aliphatic heterocycles. The first-order valence-electron chi connectivity index (χ1n) is 9.35. The van der Waals surface area contributed by atoms with Crippen LogP contribution < -0.4 is 4.90 Å². The Balaban J connectivity index is 1.61. The summed E-state index contributed by atoms with van der Waals surface area (Å²) in [5.41, 5.74) is 0.882. The van der Waals surface area contributed by atoms with Crippen molar-refractivity contribution in [2.24, 2.45) is 0 Å². The summed E-state index contributed by atoms with van der Waals surface area (Å²) in [4.78, 5) is 16.3. The van der Waals surface area contributed by atoms with Gasteiger partial charge in [0.1, 0.15) is 11.6 Å². The Kier molecular flexibility index (Phi) is 6.49. The molecule has 0 radical (unpaired) electrons. The maximum atomic E-state index is 13.1. The molecule has 3 rings (SSSR count). The molecule has 0 aromatic heterocycles. The summed E-state index contributed by atoms with van der Waals surface area (Å²) in [5.74, 6) is -1.11. The molecular formula is C20H23F2N3O3S. The lowest BCUT2D eigenvalue weighted by Crippen LogP contribution is -2.51. The molecular weight excluding hydrogens is 400 g/mol. The standard InChI is InChI=1S/C20H23F2N3O3S/c1-2-25(29(27,28)19-9-5-17(22)6-10-19)15-20(26)24-13-11-23(12-14-24)18-7-3-16(21)4-8-18/h3-10H,2,11-15H2,1H3. The van der Waals surface area contributed by atoms with Gasteiger partial charge < -0.3 is 9.80 Å². The lowest BCUT2D eigenvalue weighted by Gasteiger charge is -2.36. The molecule has 1 amide bonds. The quantitative estimate of drug-likeness (QED) is 0.716. The summed E-state index contributed by atoms with van der Waals surface area (Å²) in [7, 11) is -3.89. The Bertz CT molecular complexity index is 942. The fourth-order valence-electron chi connectivity index (χ4n) is 3.24. The van der Waals surface area contributed by atoms with Gasteiger partial charge in [0.05, 0.1) is 11.4 Å². The van der Waals surface area contributed by atoms with Crippen LogP contribution in [0.5, 0.6) is 0 Å². The first kappa shape index (κ1) is 21.2. The van der Waals surface area contributed by atoms with Gasteiger partial charge in [0, 0.05) is 38.4 Å². The van der Waals surface area contributed by atoms with Crippen LogP contribution in [-0.4, -0.2) is 62.8 Å². The fraction of sp³-hybridized carbons (Fsp3) is 0.350. The largest absolute Gasteiger partial charge is 0.368 e. The second-order valence-corrected chi connectivity index (χ2v) is 8.67. The minimum atomic E-state index is -3.89. The van der Waals surface area contributed by atoms with E-state index in [0.717, 1.165) is 22.1 Å². The van der Waals surface area contributed by atoms with E-state index < -0.39 is 15.8 Å². The van der Waals surface area contributed by atoms with Crippen LogP contribution in [0.2, 0.25) is 0 Å². The summed E-state index contributed by atoms with van der Waals surface area (Å²) in [6, 6.07) is 10.7. The zero-order valence-electron chi connectivity index (χ0n) is 16.1. The van der Waals surface area contributed by atoms with Crippen LogP contribution in [0.25, 0.3) is 0 Å². The van der Waals surface area contributed by atoms with Crippen LogP contribution in [0.1, 0.15) is 6.92 Å². The fourth-order valence-corrected chi connectivity index (χ4v) is 4.64. The van der Waals surface area contributed by atoms with Crippen molar-refractivity contribution in [3.63, 3.8) is 0 Å². The van der Waals surface area contributed by atoms with E-state index >= 15 is 0 Å². The number of anilines is 1. The van der Waals surface area contributed by atoms with Crippen molar-refractivity contribution in [1.29, 1.82) is 0 Å². The molecule has 0 unspecified atom stereocenters. The van der Waals surface area contributed by atoms with E-state index in [4.69, 9.17) is 0 Å². The highest BCUT2D eigenvalue weighted by atomic mass is 32.2. The molecule has 1 saturated heterocycles. The van der Waals surface area contributed by atoms with Gasteiger partial charge in [-0.15, -0.1) is 0 Å². The molecule has 2 aromatic carbocycles. The average molecular weight is 423 g/mol. The molecule has 9 heteroatoms. The first-order chi connectivity index (χ1) is 13.8. The molecule has 0 atom stereocenters. The van der Waals surface area contributed by atoms with E-state index in [2.05, 4.69) is 4.90 Å². The first-order valence-corrected chi connectivity index (χ1v) is 10.8. The number of rotatable bonds is 6. The van der Waals surface area contributed by atoms with Gasteiger partial charge in [0.15, 0.2) is 0 Å². The Hall–Kier alpha value is -2.52. The molecule has 1 heterocycles. The molecule has 0 aliphatic carbocycles. The Labute approximate surface area is 169 Å². The van der Waals surface area contributed by atoms with Gasteiger partial charge in [0.2, 0.25) is 15.9 Å². The van der Waals surface area contributed by atoms with Crippen LogP contribution in [0.3, 0.4) is 0 Å². The summed E-state index contributed by atoms with van der Waals surface area (Å²) >= 11 is 0. The minimum Gasteiger partial charge on any atom is -0.368 e. The molecule has 6 nitrogen and oxygen atoms in total.